The van der Waals surface area contributed by atoms with E-state index < -0.39 is 0 Å². The molecular weight excluding hydrogens is 252 g/mol. The molecule has 1 N–H and O–H groups in total. The topological polar surface area (TPSA) is 24.9 Å². The maximum Gasteiger partial charge on any atom is 0.0809 e. The first kappa shape index (κ1) is 12.3. The number of hydrogen-bond donors (Lipinski definition) is 1. The van der Waals surface area contributed by atoms with Crippen molar-refractivity contribution in [3.05, 3.63) is 64.7 Å². The summed E-state index contributed by atoms with van der Waals surface area (Å²) < 4.78 is 1.24. The maximum absolute atomic E-state index is 4.53. The van der Waals surface area contributed by atoms with Gasteiger partial charge in [0.25, 0.3) is 0 Å². The molecule has 2 nitrogen and oxygen atoms in total. The van der Waals surface area contributed by atoms with Crippen molar-refractivity contribution in [1.29, 1.82) is 0 Å². The Morgan fingerprint density at radius 3 is 2.84 bits per heavy atom. The van der Waals surface area contributed by atoms with Gasteiger partial charge in [-0.25, -0.2) is 0 Å². The molecule has 19 heavy (non-hydrogen) atoms. The van der Waals surface area contributed by atoms with Crippen LogP contribution in [0.15, 0.2) is 48.0 Å². The van der Waals surface area contributed by atoms with Crippen molar-refractivity contribution in [1.82, 2.24) is 10.3 Å². The molecule has 0 spiro atoms. The molecule has 2 aromatic heterocycles. The zero-order chi connectivity index (χ0) is 13.2. The van der Waals surface area contributed by atoms with E-state index in [1.807, 2.05) is 13.2 Å². The number of benzene rings is 1. The van der Waals surface area contributed by atoms with Gasteiger partial charge in [-0.15, -0.1) is 11.3 Å². The first-order valence-corrected chi connectivity index (χ1v) is 7.23. The van der Waals surface area contributed by atoms with E-state index in [0.717, 1.165) is 5.52 Å². The van der Waals surface area contributed by atoms with Crippen LogP contribution in [0.4, 0.5) is 0 Å². The lowest BCUT2D eigenvalue weighted by atomic mass is 9.99. The minimum atomic E-state index is 0.193. The summed E-state index contributed by atoms with van der Waals surface area (Å²) in [5.74, 6) is 0. The van der Waals surface area contributed by atoms with Crippen LogP contribution in [-0.2, 0) is 0 Å². The molecule has 0 aliphatic heterocycles. The summed E-state index contributed by atoms with van der Waals surface area (Å²) in [7, 11) is 1.99. The molecule has 0 saturated heterocycles. The van der Waals surface area contributed by atoms with Gasteiger partial charge >= 0.3 is 0 Å². The van der Waals surface area contributed by atoms with Crippen LogP contribution in [-0.4, -0.2) is 12.0 Å². The molecule has 96 valence electrons. The lowest BCUT2D eigenvalue weighted by Gasteiger charge is -2.17. The van der Waals surface area contributed by atoms with E-state index in [1.54, 1.807) is 11.3 Å². The van der Waals surface area contributed by atoms with E-state index in [4.69, 9.17) is 0 Å². The molecule has 0 saturated carbocycles. The van der Waals surface area contributed by atoms with E-state index in [1.165, 1.54) is 21.4 Å². The molecule has 0 fully saturated rings. The van der Waals surface area contributed by atoms with Crippen LogP contribution in [0.3, 0.4) is 0 Å². The number of fused-ring (bicyclic) bond motifs is 1. The van der Waals surface area contributed by atoms with Crippen molar-refractivity contribution in [3.63, 3.8) is 0 Å². The summed E-state index contributed by atoms with van der Waals surface area (Å²) in [5.41, 5.74) is 4.85. The molecule has 3 rings (SSSR count). The number of pyridine rings is 1. The van der Waals surface area contributed by atoms with Crippen molar-refractivity contribution < 1.29 is 0 Å². The Bertz CT molecular complexity index is 703. The number of nitrogens with one attached hydrogen (secondary N) is 1. The molecule has 0 bridgehead atoms. The van der Waals surface area contributed by atoms with E-state index in [2.05, 4.69) is 59.0 Å². The second kappa shape index (κ2) is 5.11. The molecule has 1 atom stereocenters. The van der Waals surface area contributed by atoms with Crippen LogP contribution in [0.1, 0.15) is 22.7 Å². The predicted octanol–water partition coefficient (Wildman–Crippen LogP) is 3.91. The highest BCUT2D eigenvalue weighted by Crippen LogP contribution is 2.26. The number of aromatic nitrogens is 1. The summed E-state index contributed by atoms with van der Waals surface area (Å²) in [6, 6.07) is 13.1. The van der Waals surface area contributed by atoms with Gasteiger partial charge in [-0.05, 0) is 42.6 Å². The van der Waals surface area contributed by atoms with Crippen LogP contribution in [0.25, 0.3) is 10.2 Å². The highest BCUT2D eigenvalue weighted by Gasteiger charge is 2.13. The van der Waals surface area contributed by atoms with E-state index in [9.17, 15) is 0 Å². The number of rotatable bonds is 3. The Kier molecular flexibility index (Phi) is 3.32. The zero-order valence-corrected chi connectivity index (χ0v) is 11.9. The van der Waals surface area contributed by atoms with Gasteiger partial charge < -0.3 is 5.32 Å². The molecule has 1 unspecified atom stereocenters. The minimum Gasteiger partial charge on any atom is -0.309 e. The van der Waals surface area contributed by atoms with E-state index in [-0.39, 0.29) is 6.04 Å². The quantitative estimate of drug-likeness (QED) is 0.779. The van der Waals surface area contributed by atoms with Crippen molar-refractivity contribution in [2.45, 2.75) is 13.0 Å². The van der Waals surface area contributed by atoms with Gasteiger partial charge in [-0.2, -0.15) is 0 Å². The fourth-order valence-electron chi connectivity index (χ4n) is 2.39. The van der Waals surface area contributed by atoms with Crippen molar-refractivity contribution in [2.75, 3.05) is 7.05 Å². The number of thiophene rings is 1. The molecule has 3 heteroatoms. The molecule has 3 aromatic rings. The SMILES string of the molecule is CNC(c1cccc(C)c1)c1cnc2ccsc2c1. The summed E-state index contributed by atoms with van der Waals surface area (Å²) in [4.78, 5) is 4.53. The third-order valence-electron chi connectivity index (χ3n) is 3.32. The standard InChI is InChI=1S/C16H16N2S/c1-11-4-3-5-12(8-11)16(17-2)13-9-15-14(18-10-13)6-7-19-15/h3-10,16-17H,1-2H3. The molecule has 0 radical (unpaired) electrons. The van der Waals surface area contributed by atoms with Gasteiger partial charge in [0.05, 0.1) is 16.3 Å². The Morgan fingerprint density at radius 2 is 2.05 bits per heavy atom. The maximum atomic E-state index is 4.53. The van der Waals surface area contributed by atoms with Crippen LogP contribution in [0.2, 0.25) is 0 Å². The Hall–Kier alpha value is -1.71. The van der Waals surface area contributed by atoms with Crippen LogP contribution in [0, 0.1) is 6.92 Å². The first-order valence-electron chi connectivity index (χ1n) is 6.35. The first-order chi connectivity index (χ1) is 9.28. The Balaban J connectivity index is 2.06. The normalized spacial score (nSPS) is 12.7. The largest absolute Gasteiger partial charge is 0.309 e. The summed E-state index contributed by atoms with van der Waals surface area (Å²) in [6.07, 6.45) is 1.97. The lowest BCUT2D eigenvalue weighted by Crippen LogP contribution is -2.17. The molecule has 0 amide bonds. The van der Waals surface area contributed by atoms with E-state index >= 15 is 0 Å². The highest BCUT2D eigenvalue weighted by atomic mass is 32.1. The number of aryl methyl sites for hydroxylation is 1. The van der Waals surface area contributed by atoms with Gasteiger partial charge in [-0.1, -0.05) is 29.8 Å². The lowest BCUT2D eigenvalue weighted by molar-refractivity contribution is 0.690. The van der Waals surface area contributed by atoms with Gasteiger partial charge in [0.2, 0.25) is 0 Å². The average molecular weight is 268 g/mol. The number of hydrogen-bond acceptors (Lipinski definition) is 3. The van der Waals surface area contributed by atoms with E-state index in [0.29, 0.717) is 0 Å². The smallest absolute Gasteiger partial charge is 0.0809 e. The van der Waals surface area contributed by atoms with Crippen molar-refractivity contribution in [2.24, 2.45) is 0 Å². The average Bonchev–Trinajstić information content (AvgIpc) is 2.87. The van der Waals surface area contributed by atoms with Crippen LogP contribution >= 0.6 is 11.3 Å². The van der Waals surface area contributed by atoms with Crippen LogP contribution in [0.5, 0.6) is 0 Å². The van der Waals surface area contributed by atoms with Gasteiger partial charge in [0, 0.05) is 6.20 Å². The second-order valence-electron chi connectivity index (χ2n) is 4.71. The van der Waals surface area contributed by atoms with Crippen molar-refractivity contribution >= 4 is 21.6 Å². The Morgan fingerprint density at radius 1 is 1.16 bits per heavy atom. The molecule has 0 aliphatic carbocycles. The molecule has 2 heterocycles. The molecule has 1 aromatic carbocycles. The summed E-state index contributed by atoms with van der Waals surface area (Å²) in [5, 5.41) is 5.47. The van der Waals surface area contributed by atoms with Gasteiger partial charge in [0.1, 0.15) is 0 Å². The number of nitrogens with zero attached hydrogens (tertiary/aromatic N) is 1. The minimum absolute atomic E-state index is 0.193. The Labute approximate surface area is 117 Å². The molecular formula is C16H16N2S. The third-order valence-corrected chi connectivity index (χ3v) is 4.17. The third kappa shape index (κ3) is 2.39. The second-order valence-corrected chi connectivity index (χ2v) is 5.66. The predicted molar refractivity (Wildman–Crippen MR) is 81.7 cm³/mol. The van der Waals surface area contributed by atoms with Crippen LogP contribution < -0.4 is 5.32 Å². The zero-order valence-electron chi connectivity index (χ0n) is 11.1. The van der Waals surface area contributed by atoms with Crippen molar-refractivity contribution in [3.8, 4) is 0 Å². The molecule has 0 aliphatic rings. The summed E-state index contributed by atoms with van der Waals surface area (Å²) >= 11 is 1.74. The fourth-order valence-corrected chi connectivity index (χ4v) is 3.18. The van der Waals surface area contributed by atoms with Gasteiger partial charge in [0.15, 0.2) is 0 Å². The summed E-state index contributed by atoms with van der Waals surface area (Å²) in [6.45, 7) is 2.12. The monoisotopic (exact) mass is 268 g/mol. The van der Waals surface area contributed by atoms with Gasteiger partial charge in [-0.3, -0.25) is 4.98 Å². The fraction of sp³-hybridized carbons (Fsp3) is 0.188. The highest BCUT2D eigenvalue weighted by molar-refractivity contribution is 7.17.